The average Bonchev–Trinajstić information content (AvgIpc) is 2.60. The van der Waals surface area contributed by atoms with Crippen molar-refractivity contribution in [1.29, 1.82) is 0 Å². The number of carbonyl (C=O) groups is 2. The maximum absolute atomic E-state index is 12.2. The highest BCUT2D eigenvalue weighted by molar-refractivity contribution is 7.89. The van der Waals surface area contributed by atoms with Crippen LogP contribution in [0.25, 0.3) is 0 Å². The van der Waals surface area contributed by atoms with E-state index in [0.717, 1.165) is 18.9 Å². The van der Waals surface area contributed by atoms with Crippen LogP contribution in [0.2, 0.25) is 5.02 Å². The van der Waals surface area contributed by atoms with Crippen molar-refractivity contribution in [2.45, 2.75) is 24.7 Å². The van der Waals surface area contributed by atoms with Crippen LogP contribution in [0.5, 0.6) is 0 Å². The van der Waals surface area contributed by atoms with Crippen LogP contribution >= 0.6 is 11.6 Å². The first kappa shape index (κ1) is 19.7. The van der Waals surface area contributed by atoms with E-state index >= 15 is 0 Å². The standard InChI is InChI=1S/C16H21ClN2O5S/c1-11-5-7-19(8-6-11)15(20)10-24-16(21)13-9-12(3-4-14(13)17)25(22,23)18-2/h3-4,9,11,18H,5-8,10H2,1-2H3. The summed E-state index contributed by atoms with van der Waals surface area (Å²) in [7, 11) is -2.45. The molecule has 1 aliphatic rings. The van der Waals surface area contributed by atoms with Gasteiger partial charge in [0.25, 0.3) is 5.91 Å². The maximum atomic E-state index is 12.2. The summed E-state index contributed by atoms with van der Waals surface area (Å²) in [5.74, 6) is -0.519. The Morgan fingerprint density at radius 1 is 1.32 bits per heavy atom. The van der Waals surface area contributed by atoms with Crippen LogP contribution in [0.15, 0.2) is 23.1 Å². The summed E-state index contributed by atoms with van der Waals surface area (Å²) in [6, 6.07) is 3.71. The Morgan fingerprint density at radius 2 is 1.96 bits per heavy atom. The fraction of sp³-hybridized carbons (Fsp3) is 0.500. The minimum Gasteiger partial charge on any atom is -0.452 e. The van der Waals surface area contributed by atoms with Gasteiger partial charge in [-0.3, -0.25) is 4.79 Å². The van der Waals surface area contributed by atoms with Crippen molar-refractivity contribution in [2.75, 3.05) is 26.7 Å². The SMILES string of the molecule is CNS(=O)(=O)c1ccc(Cl)c(C(=O)OCC(=O)N2CCC(C)CC2)c1. The minimum atomic E-state index is -3.72. The molecule has 0 spiro atoms. The Bertz CT molecular complexity index is 758. The maximum Gasteiger partial charge on any atom is 0.340 e. The van der Waals surface area contributed by atoms with Crippen LogP contribution < -0.4 is 4.72 Å². The van der Waals surface area contributed by atoms with Gasteiger partial charge >= 0.3 is 5.97 Å². The monoisotopic (exact) mass is 388 g/mol. The van der Waals surface area contributed by atoms with E-state index < -0.39 is 22.6 Å². The zero-order chi connectivity index (χ0) is 18.6. The lowest BCUT2D eigenvalue weighted by atomic mass is 9.99. The van der Waals surface area contributed by atoms with Crippen molar-refractivity contribution < 1.29 is 22.7 Å². The third-order valence-corrected chi connectivity index (χ3v) is 5.94. The van der Waals surface area contributed by atoms with E-state index in [9.17, 15) is 18.0 Å². The molecule has 0 atom stereocenters. The van der Waals surface area contributed by atoms with Gasteiger partial charge in [0.05, 0.1) is 15.5 Å². The molecule has 1 N–H and O–H groups in total. The predicted molar refractivity (Wildman–Crippen MR) is 93.0 cm³/mol. The number of hydrogen-bond donors (Lipinski definition) is 1. The van der Waals surface area contributed by atoms with Crippen molar-refractivity contribution in [3.05, 3.63) is 28.8 Å². The van der Waals surface area contributed by atoms with Gasteiger partial charge in [0.1, 0.15) is 0 Å². The Hall–Kier alpha value is -1.64. The molecular weight excluding hydrogens is 368 g/mol. The first-order valence-electron chi connectivity index (χ1n) is 7.92. The zero-order valence-corrected chi connectivity index (χ0v) is 15.7. The van der Waals surface area contributed by atoms with E-state index in [-0.39, 0.29) is 21.4 Å². The molecule has 1 aliphatic heterocycles. The highest BCUT2D eigenvalue weighted by Gasteiger charge is 2.23. The van der Waals surface area contributed by atoms with Gasteiger partial charge in [0.2, 0.25) is 10.0 Å². The fourth-order valence-corrected chi connectivity index (χ4v) is 3.45. The molecule has 1 saturated heterocycles. The molecule has 2 rings (SSSR count). The second-order valence-corrected chi connectivity index (χ2v) is 8.28. The molecular formula is C16H21ClN2O5S. The quantitative estimate of drug-likeness (QED) is 0.774. The van der Waals surface area contributed by atoms with Crippen molar-refractivity contribution in [3.63, 3.8) is 0 Å². The number of ether oxygens (including phenoxy) is 1. The number of halogens is 1. The fourth-order valence-electron chi connectivity index (χ4n) is 2.50. The van der Waals surface area contributed by atoms with Gasteiger partial charge in [0, 0.05) is 13.1 Å². The van der Waals surface area contributed by atoms with Crippen molar-refractivity contribution in [2.24, 2.45) is 5.92 Å². The molecule has 0 saturated carbocycles. The predicted octanol–water partition coefficient (Wildman–Crippen LogP) is 1.66. The molecule has 1 heterocycles. The van der Waals surface area contributed by atoms with Crippen LogP contribution in [0.1, 0.15) is 30.1 Å². The summed E-state index contributed by atoms with van der Waals surface area (Å²) >= 11 is 5.95. The smallest absolute Gasteiger partial charge is 0.340 e. The van der Waals surface area contributed by atoms with E-state index in [1.807, 2.05) is 0 Å². The third kappa shape index (κ3) is 4.93. The molecule has 0 bridgehead atoms. The average molecular weight is 389 g/mol. The van der Waals surface area contributed by atoms with E-state index in [1.165, 1.54) is 19.2 Å². The number of benzene rings is 1. The molecule has 1 fully saturated rings. The molecule has 1 amide bonds. The number of esters is 1. The van der Waals surface area contributed by atoms with Crippen molar-refractivity contribution in [3.8, 4) is 0 Å². The lowest BCUT2D eigenvalue weighted by Gasteiger charge is -2.30. The normalized spacial score (nSPS) is 15.9. The molecule has 0 unspecified atom stereocenters. The summed E-state index contributed by atoms with van der Waals surface area (Å²) < 4.78 is 30.8. The minimum absolute atomic E-state index is 0.0549. The number of carbonyl (C=O) groups excluding carboxylic acids is 2. The lowest BCUT2D eigenvalue weighted by molar-refractivity contribution is -0.135. The van der Waals surface area contributed by atoms with E-state index in [1.54, 1.807) is 4.90 Å². The van der Waals surface area contributed by atoms with Crippen LogP contribution in [0, 0.1) is 5.92 Å². The Labute approximate surface area is 152 Å². The topological polar surface area (TPSA) is 92.8 Å². The first-order chi connectivity index (χ1) is 11.7. The number of likely N-dealkylation sites (tertiary alicyclic amines) is 1. The molecule has 7 nitrogen and oxygen atoms in total. The number of nitrogens with zero attached hydrogens (tertiary/aromatic N) is 1. The first-order valence-corrected chi connectivity index (χ1v) is 9.78. The van der Waals surface area contributed by atoms with E-state index in [2.05, 4.69) is 11.6 Å². The number of nitrogens with one attached hydrogen (secondary N) is 1. The summed E-state index contributed by atoms with van der Waals surface area (Å²) in [5, 5.41) is 0.0549. The third-order valence-electron chi connectivity index (χ3n) is 4.20. The molecule has 1 aromatic rings. The van der Waals surface area contributed by atoms with Crippen LogP contribution in [-0.2, 0) is 19.6 Å². The van der Waals surface area contributed by atoms with Crippen LogP contribution in [0.4, 0.5) is 0 Å². The van der Waals surface area contributed by atoms with Gasteiger partial charge in [-0.25, -0.2) is 17.9 Å². The van der Waals surface area contributed by atoms with Crippen LogP contribution in [0.3, 0.4) is 0 Å². The molecule has 0 radical (unpaired) electrons. The lowest BCUT2D eigenvalue weighted by Crippen LogP contribution is -2.40. The summed E-state index contributed by atoms with van der Waals surface area (Å²) in [6.07, 6.45) is 1.85. The van der Waals surface area contributed by atoms with Gasteiger partial charge in [-0.2, -0.15) is 0 Å². The van der Waals surface area contributed by atoms with Gasteiger partial charge in [-0.05, 0) is 44.0 Å². The number of hydrogen-bond acceptors (Lipinski definition) is 5. The zero-order valence-electron chi connectivity index (χ0n) is 14.1. The molecule has 0 aromatic heterocycles. The molecule has 138 valence electrons. The number of piperidine rings is 1. The summed E-state index contributed by atoms with van der Waals surface area (Å²) in [5.41, 5.74) is -0.0990. The Balaban J connectivity index is 2.03. The van der Waals surface area contributed by atoms with Crippen LogP contribution in [-0.4, -0.2) is 51.9 Å². The van der Waals surface area contributed by atoms with Gasteiger partial charge in [-0.1, -0.05) is 18.5 Å². The van der Waals surface area contributed by atoms with Crippen molar-refractivity contribution in [1.82, 2.24) is 9.62 Å². The molecule has 0 aliphatic carbocycles. The van der Waals surface area contributed by atoms with E-state index in [4.69, 9.17) is 16.3 Å². The number of rotatable bonds is 5. The van der Waals surface area contributed by atoms with Gasteiger partial charge in [-0.15, -0.1) is 0 Å². The number of sulfonamides is 1. The Kier molecular flexibility index (Phi) is 6.42. The summed E-state index contributed by atoms with van der Waals surface area (Å²) in [6.45, 7) is 3.03. The molecule has 9 heteroatoms. The Morgan fingerprint density at radius 3 is 2.56 bits per heavy atom. The highest BCUT2D eigenvalue weighted by Crippen LogP contribution is 2.21. The number of amides is 1. The van der Waals surface area contributed by atoms with Gasteiger partial charge in [0.15, 0.2) is 6.61 Å². The molecule has 1 aromatic carbocycles. The van der Waals surface area contributed by atoms with Gasteiger partial charge < -0.3 is 9.64 Å². The molecule has 25 heavy (non-hydrogen) atoms. The van der Waals surface area contributed by atoms with E-state index in [0.29, 0.717) is 19.0 Å². The summed E-state index contributed by atoms with van der Waals surface area (Å²) in [4.78, 5) is 25.8. The second kappa shape index (κ2) is 8.16. The second-order valence-electron chi connectivity index (χ2n) is 5.99. The highest BCUT2D eigenvalue weighted by atomic mass is 35.5. The van der Waals surface area contributed by atoms with Crippen molar-refractivity contribution >= 4 is 33.5 Å². The largest absolute Gasteiger partial charge is 0.452 e.